The maximum absolute atomic E-state index is 13.0. The van der Waals surface area contributed by atoms with Crippen LogP contribution in [0.3, 0.4) is 0 Å². The van der Waals surface area contributed by atoms with Gasteiger partial charge in [-0.05, 0) is 56.5 Å². The van der Waals surface area contributed by atoms with Gasteiger partial charge in [0.15, 0.2) is 0 Å². The second-order valence-corrected chi connectivity index (χ2v) is 8.28. The number of imidazole rings is 1. The molecule has 3 aromatic rings. The molecule has 1 aliphatic rings. The Hall–Kier alpha value is -2.37. The molecule has 0 saturated carbocycles. The predicted octanol–water partition coefficient (Wildman–Crippen LogP) is 4.16. The minimum absolute atomic E-state index is 0.0269. The lowest BCUT2D eigenvalue weighted by Crippen LogP contribution is -2.48. The molecule has 4 rings (SSSR count). The third kappa shape index (κ3) is 4.80. The summed E-state index contributed by atoms with van der Waals surface area (Å²) >= 11 is 6.04. The lowest BCUT2D eigenvalue weighted by atomic mass is 10.0. The van der Waals surface area contributed by atoms with E-state index in [0.29, 0.717) is 10.7 Å². The van der Waals surface area contributed by atoms with Gasteiger partial charge in [0.25, 0.3) is 5.91 Å². The number of hydrogen-bond donors (Lipinski definition) is 0. The molecule has 1 aliphatic heterocycles. The van der Waals surface area contributed by atoms with Crippen LogP contribution in [0.5, 0.6) is 0 Å². The number of nitrogens with zero attached hydrogens (tertiary/aromatic N) is 4. The van der Waals surface area contributed by atoms with Crippen molar-refractivity contribution in [2.24, 2.45) is 0 Å². The number of benzene rings is 1. The quantitative estimate of drug-likeness (QED) is 0.612. The highest BCUT2D eigenvalue weighted by molar-refractivity contribution is 6.30. The van der Waals surface area contributed by atoms with Crippen molar-refractivity contribution < 1.29 is 4.79 Å². The van der Waals surface area contributed by atoms with Crippen molar-refractivity contribution in [3.8, 4) is 0 Å². The van der Waals surface area contributed by atoms with Gasteiger partial charge >= 0.3 is 0 Å². The number of piperidine rings is 1. The van der Waals surface area contributed by atoms with Crippen LogP contribution < -0.4 is 0 Å². The molecule has 3 heterocycles. The summed E-state index contributed by atoms with van der Waals surface area (Å²) in [5.74, 6) is -0.0269. The normalized spacial score (nSPS) is 17.5. The van der Waals surface area contributed by atoms with Crippen LogP contribution in [0.25, 0.3) is 5.65 Å². The maximum atomic E-state index is 13.0. The van der Waals surface area contributed by atoms with Gasteiger partial charge in [0.2, 0.25) is 0 Å². The summed E-state index contributed by atoms with van der Waals surface area (Å²) in [5, 5.41) is 0.626. The van der Waals surface area contributed by atoms with Crippen LogP contribution in [0.15, 0.2) is 54.9 Å². The van der Waals surface area contributed by atoms with Crippen molar-refractivity contribution in [3.63, 3.8) is 0 Å². The van der Waals surface area contributed by atoms with Gasteiger partial charge in [0, 0.05) is 32.0 Å². The maximum Gasteiger partial charge on any atom is 0.274 e. The molecule has 0 unspecified atom stereocenters. The van der Waals surface area contributed by atoms with E-state index in [1.165, 1.54) is 5.56 Å². The fourth-order valence-corrected chi connectivity index (χ4v) is 4.28. The van der Waals surface area contributed by atoms with E-state index >= 15 is 0 Å². The second kappa shape index (κ2) is 8.97. The van der Waals surface area contributed by atoms with Crippen molar-refractivity contribution in [1.82, 2.24) is 19.2 Å². The molecule has 1 aromatic carbocycles. The number of carbonyl (C=O) groups excluding carboxylic acids is 1. The van der Waals surface area contributed by atoms with Crippen molar-refractivity contribution >= 4 is 23.2 Å². The number of rotatable bonds is 6. The standard InChI is InChI=1S/C23H27ClN4O/c1-26(23(29)21-17-28-15-19(24)11-12-22(28)25-21)20-10-6-14-27(16-20)13-5-9-18-7-3-2-4-8-18/h2-4,7-8,11-12,15,17,20H,5-6,9-10,13-14,16H2,1H3/t20-/m1/s1. The first kappa shape index (κ1) is 19.9. The van der Waals surface area contributed by atoms with Crippen LogP contribution in [0.2, 0.25) is 5.02 Å². The molecular weight excluding hydrogens is 384 g/mol. The van der Waals surface area contributed by atoms with E-state index in [1.807, 2.05) is 18.0 Å². The van der Waals surface area contributed by atoms with Crippen LogP contribution in [0.1, 0.15) is 35.3 Å². The Morgan fingerprint density at radius 2 is 2.03 bits per heavy atom. The summed E-state index contributed by atoms with van der Waals surface area (Å²) in [6.07, 6.45) is 7.93. The Balaban J connectivity index is 1.34. The number of aromatic nitrogens is 2. The molecule has 1 fully saturated rings. The van der Waals surface area contributed by atoms with E-state index < -0.39 is 0 Å². The van der Waals surface area contributed by atoms with Crippen LogP contribution in [0, 0.1) is 0 Å². The van der Waals surface area contributed by atoms with Crippen LogP contribution in [-0.4, -0.2) is 57.8 Å². The monoisotopic (exact) mass is 410 g/mol. The first-order chi connectivity index (χ1) is 14.1. The number of carbonyl (C=O) groups is 1. The minimum Gasteiger partial charge on any atom is -0.336 e. The molecule has 152 valence electrons. The lowest BCUT2D eigenvalue weighted by molar-refractivity contribution is 0.0612. The smallest absolute Gasteiger partial charge is 0.274 e. The molecule has 29 heavy (non-hydrogen) atoms. The molecule has 1 atom stereocenters. The first-order valence-electron chi connectivity index (χ1n) is 10.3. The summed E-state index contributed by atoms with van der Waals surface area (Å²) in [6, 6.07) is 14.5. The molecular formula is C23H27ClN4O. The first-order valence-corrected chi connectivity index (χ1v) is 10.7. The summed E-state index contributed by atoms with van der Waals surface area (Å²) in [6.45, 7) is 3.11. The van der Waals surface area contributed by atoms with Crippen molar-refractivity contribution in [2.75, 3.05) is 26.7 Å². The van der Waals surface area contributed by atoms with E-state index in [0.717, 1.165) is 51.0 Å². The number of halogens is 1. The van der Waals surface area contributed by atoms with Crippen LogP contribution >= 0.6 is 11.6 Å². The van der Waals surface area contributed by atoms with Crippen molar-refractivity contribution in [1.29, 1.82) is 0 Å². The Morgan fingerprint density at radius 1 is 1.21 bits per heavy atom. The Morgan fingerprint density at radius 3 is 2.86 bits per heavy atom. The van der Waals surface area contributed by atoms with E-state index in [2.05, 4.69) is 40.2 Å². The molecule has 5 nitrogen and oxygen atoms in total. The van der Waals surface area contributed by atoms with Gasteiger partial charge in [-0.2, -0.15) is 0 Å². The van der Waals surface area contributed by atoms with E-state index in [1.54, 1.807) is 22.9 Å². The van der Waals surface area contributed by atoms with Gasteiger partial charge in [-0.25, -0.2) is 4.98 Å². The predicted molar refractivity (Wildman–Crippen MR) is 117 cm³/mol. The molecule has 1 amide bonds. The van der Waals surface area contributed by atoms with Gasteiger partial charge in [-0.15, -0.1) is 0 Å². The number of pyridine rings is 1. The summed E-state index contributed by atoms with van der Waals surface area (Å²) in [7, 11) is 1.90. The zero-order valence-corrected chi connectivity index (χ0v) is 17.6. The van der Waals surface area contributed by atoms with Crippen LogP contribution in [-0.2, 0) is 6.42 Å². The molecule has 0 spiro atoms. The third-order valence-electron chi connectivity index (χ3n) is 5.77. The molecule has 0 bridgehead atoms. The molecule has 0 N–H and O–H groups in total. The highest BCUT2D eigenvalue weighted by Gasteiger charge is 2.27. The molecule has 0 radical (unpaired) electrons. The third-order valence-corrected chi connectivity index (χ3v) is 5.99. The van der Waals surface area contributed by atoms with Gasteiger partial charge in [-0.3, -0.25) is 4.79 Å². The summed E-state index contributed by atoms with van der Waals surface area (Å²) in [5.41, 5.74) is 2.59. The van der Waals surface area contributed by atoms with Crippen molar-refractivity contribution in [3.05, 3.63) is 71.1 Å². The number of likely N-dealkylation sites (N-methyl/N-ethyl adjacent to an activating group) is 1. The highest BCUT2D eigenvalue weighted by Crippen LogP contribution is 2.19. The van der Waals surface area contributed by atoms with Gasteiger partial charge in [0.1, 0.15) is 11.3 Å². The lowest BCUT2D eigenvalue weighted by Gasteiger charge is -2.37. The van der Waals surface area contributed by atoms with E-state index in [-0.39, 0.29) is 11.9 Å². The van der Waals surface area contributed by atoms with Gasteiger partial charge in [-0.1, -0.05) is 41.9 Å². The number of aryl methyl sites for hydroxylation is 1. The SMILES string of the molecule is CN(C(=O)c1cn2cc(Cl)ccc2n1)[C@@H]1CCCN(CCCc2ccccc2)C1. The Labute approximate surface area is 176 Å². The van der Waals surface area contributed by atoms with E-state index in [4.69, 9.17) is 11.6 Å². The average Bonchev–Trinajstić information content (AvgIpc) is 3.17. The molecule has 2 aromatic heterocycles. The summed E-state index contributed by atoms with van der Waals surface area (Å²) in [4.78, 5) is 21.8. The van der Waals surface area contributed by atoms with Crippen LogP contribution in [0.4, 0.5) is 0 Å². The fourth-order valence-electron chi connectivity index (χ4n) is 4.12. The number of fused-ring (bicyclic) bond motifs is 1. The fraction of sp³-hybridized carbons (Fsp3) is 0.391. The molecule has 0 aliphatic carbocycles. The highest BCUT2D eigenvalue weighted by atomic mass is 35.5. The topological polar surface area (TPSA) is 40.9 Å². The van der Waals surface area contributed by atoms with Gasteiger partial charge < -0.3 is 14.2 Å². The van der Waals surface area contributed by atoms with Crippen molar-refractivity contribution in [2.45, 2.75) is 31.7 Å². The zero-order valence-electron chi connectivity index (χ0n) is 16.8. The van der Waals surface area contributed by atoms with E-state index in [9.17, 15) is 4.79 Å². The molecule has 6 heteroatoms. The molecule has 1 saturated heterocycles. The summed E-state index contributed by atoms with van der Waals surface area (Å²) < 4.78 is 1.81. The number of amides is 1. The largest absolute Gasteiger partial charge is 0.336 e. The minimum atomic E-state index is -0.0269. The number of likely N-dealkylation sites (tertiary alicyclic amines) is 1. The Kier molecular flexibility index (Phi) is 6.16. The zero-order chi connectivity index (χ0) is 20.2. The number of hydrogen-bond acceptors (Lipinski definition) is 3. The second-order valence-electron chi connectivity index (χ2n) is 7.84. The average molecular weight is 411 g/mol. The van der Waals surface area contributed by atoms with Gasteiger partial charge in [0.05, 0.1) is 5.02 Å². The Bertz CT molecular complexity index is 971.